The quantitative estimate of drug-likeness (QED) is 0.883. The first-order valence-corrected chi connectivity index (χ1v) is 6.75. The number of hydrogen-bond donors (Lipinski definition) is 1. The molecule has 1 aromatic carbocycles. The predicted octanol–water partition coefficient (Wildman–Crippen LogP) is 2.68. The second-order valence-electron chi connectivity index (χ2n) is 4.76. The van der Waals surface area contributed by atoms with Gasteiger partial charge in [-0.15, -0.1) is 0 Å². The van der Waals surface area contributed by atoms with Gasteiger partial charge in [0.25, 0.3) is 0 Å². The van der Waals surface area contributed by atoms with E-state index >= 15 is 0 Å². The molecule has 2 aromatic rings. The van der Waals surface area contributed by atoms with Crippen LogP contribution < -0.4 is 10.5 Å². The van der Waals surface area contributed by atoms with E-state index in [0.717, 1.165) is 24.2 Å². The van der Waals surface area contributed by atoms with E-state index in [4.69, 9.17) is 10.5 Å². The van der Waals surface area contributed by atoms with Crippen LogP contribution in [0.15, 0.2) is 30.5 Å². The third kappa shape index (κ3) is 3.17. The van der Waals surface area contributed by atoms with Crippen LogP contribution in [-0.4, -0.2) is 16.9 Å². The summed E-state index contributed by atoms with van der Waals surface area (Å²) >= 11 is 0. The molecule has 1 atom stereocenters. The fraction of sp³-hybridized carbons (Fsp3) is 0.400. The number of benzene rings is 1. The third-order valence-electron chi connectivity index (χ3n) is 3.22. The van der Waals surface area contributed by atoms with Crippen molar-refractivity contribution in [2.75, 3.05) is 7.11 Å². The Hall–Kier alpha value is -1.88. The number of ether oxygens (including phenoxy) is 1. The number of nitrogens with two attached hydrogens (primary N) is 1. The molecule has 0 aliphatic carbocycles. The zero-order valence-corrected chi connectivity index (χ0v) is 11.8. The van der Waals surface area contributed by atoms with Crippen LogP contribution in [0.4, 0.5) is 4.39 Å². The molecule has 2 N–H and O–H groups in total. The monoisotopic (exact) mass is 277 g/mol. The van der Waals surface area contributed by atoms with Gasteiger partial charge in [0.05, 0.1) is 25.0 Å². The smallest absolute Gasteiger partial charge is 0.161 e. The molecule has 108 valence electrons. The van der Waals surface area contributed by atoms with Crippen molar-refractivity contribution in [3.63, 3.8) is 0 Å². The lowest BCUT2D eigenvalue weighted by molar-refractivity contribution is 0.400. The Bertz CT molecular complexity index is 551. The zero-order valence-electron chi connectivity index (χ0n) is 11.8. The van der Waals surface area contributed by atoms with Crippen LogP contribution >= 0.6 is 0 Å². The lowest BCUT2D eigenvalue weighted by Crippen LogP contribution is -2.19. The summed E-state index contributed by atoms with van der Waals surface area (Å²) in [6.45, 7) is 2.89. The molecular formula is C15H20FN3O. The molecule has 20 heavy (non-hydrogen) atoms. The van der Waals surface area contributed by atoms with Crippen molar-refractivity contribution in [2.24, 2.45) is 5.73 Å². The van der Waals surface area contributed by atoms with E-state index in [9.17, 15) is 4.39 Å². The number of aryl methyl sites for hydroxylation is 1. The summed E-state index contributed by atoms with van der Waals surface area (Å²) in [7, 11) is 1.61. The first-order chi connectivity index (χ1) is 9.65. The summed E-state index contributed by atoms with van der Waals surface area (Å²) in [5.74, 6) is 0.462. The van der Waals surface area contributed by atoms with Crippen LogP contribution in [0.1, 0.15) is 30.6 Å². The minimum atomic E-state index is -0.240. The highest BCUT2D eigenvalue weighted by atomic mass is 19.1. The van der Waals surface area contributed by atoms with Crippen molar-refractivity contribution in [1.82, 2.24) is 9.78 Å². The van der Waals surface area contributed by atoms with Crippen LogP contribution in [0.25, 0.3) is 0 Å². The summed E-state index contributed by atoms with van der Waals surface area (Å²) in [5.41, 5.74) is 8.16. The molecule has 1 aromatic heterocycles. The van der Waals surface area contributed by atoms with E-state index in [1.165, 1.54) is 12.1 Å². The highest BCUT2D eigenvalue weighted by Crippen LogP contribution is 2.26. The molecule has 0 saturated carbocycles. The van der Waals surface area contributed by atoms with Crippen LogP contribution in [-0.2, 0) is 13.0 Å². The second-order valence-corrected chi connectivity index (χ2v) is 4.76. The molecule has 0 aliphatic rings. The van der Waals surface area contributed by atoms with Crippen molar-refractivity contribution < 1.29 is 9.13 Å². The zero-order chi connectivity index (χ0) is 14.5. The lowest BCUT2D eigenvalue weighted by atomic mass is 10.0. The first kappa shape index (κ1) is 14.5. The average molecular weight is 277 g/mol. The normalized spacial score (nSPS) is 12.4. The minimum Gasteiger partial charge on any atom is -0.493 e. The number of rotatable bonds is 6. The number of nitrogens with zero attached hydrogens (tertiary/aromatic N) is 2. The number of hydrogen-bond acceptors (Lipinski definition) is 3. The highest BCUT2D eigenvalue weighted by molar-refractivity contribution is 5.30. The van der Waals surface area contributed by atoms with Gasteiger partial charge in [0.1, 0.15) is 5.82 Å². The summed E-state index contributed by atoms with van der Waals surface area (Å²) in [4.78, 5) is 0. The maximum atomic E-state index is 12.9. The van der Waals surface area contributed by atoms with Gasteiger partial charge < -0.3 is 10.5 Å². The molecule has 4 nitrogen and oxygen atoms in total. The van der Waals surface area contributed by atoms with Gasteiger partial charge in [0.2, 0.25) is 0 Å². The number of halogens is 1. The van der Waals surface area contributed by atoms with Gasteiger partial charge in [-0.2, -0.15) is 5.10 Å². The molecule has 1 unspecified atom stereocenters. The molecule has 0 bridgehead atoms. The van der Waals surface area contributed by atoms with E-state index in [1.807, 2.05) is 4.68 Å². The van der Waals surface area contributed by atoms with Gasteiger partial charge in [-0.1, -0.05) is 19.1 Å². The van der Waals surface area contributed by atoms with Crippen molar-refractivity contribution in [2.45, 2.75) is 32.4 Å². The van der Waals surface area contributed by atoms with Gasteiger partial charge >= 0.3 is 0 Å². The van der Waals surface area contributed by atoms with Gasteiger partial charge in [0, 0.05) is 6.54 Å². The summed E-state index contributed by atoms with van der Waals surface area (Å²) in [5, 5.41) is 4.31. The maximum Gasteiger partial charge on any atom is 0.161 e. The summed E-state index contributed by atoms with van der Waals surface area (Å²) in [6.07, 6.45) is 3.28. The van der Waals surface area contributed by atoms with E-state index in [0.29, 0.717) is 12.2 Å². The van der Waals surface area contributed by atoms with Gasteiger partial charge in [-0.3, -0.25) is 4.68 Å². The average Bonchev–Trinajstić information content (AvgIpc) is 2.85. The topological polar surface area (TPSA) is 53.1 Å². The molecule has 0 aliphatic heterocycles. The Morgan fingerprint density at radius 1 is 1.35 bits per heavy atom. The fourth-order valence-corrected chi connectivity index (χ4v) is 2.27. The van der Waals surface area contributed by atoms with Gasteiger partial charge in [-0.25, -0.2) is 4.39 Å². The largest absolute Gasteiger partial charge is 0.493 e. The third-order valence-corrected chi connectivity index (χ3v) is 3.22. The fourth-order valence-electron chi connectivity index (χ4n) is 2.27. The Balaban J connectivity index is 2.21. The van der Waals surface area contributed by atoms with Crippen LogP contribution in [0, 0.1) is 5.82 Å². The maximum absolute atomic E-state index is 12.9. The Labute approximate surface area is 118 Å². The molecule has 5 heteroatoms. The van der Waals surface area contributed by atoms with E-state index in [2.05, 4.69) is 12.0 Å². The van der Waals surface area contributed by atoms with Crippen LogP contribution in [0.3, 0.4) is 0 Å². The molecule has 0 fully saturated rings. The Morgan fingerprint density at radius 3 is 2.65 bits per heavy atom. The highest BCUT2D eigenvalue weighted by Gasteiger charge is 2.18. The molecule has 0 spiro atoms. The van der Waals surface area contributed by atoms with Gasteiger partial charge in [0.15, 0.2) is 5.75 Å². The SMILES string of the molecule is CCCn1ncc(OC)c1C(N)Cc1ccc(F)cc1. The summed E-state index contributed by atoms with van der Waals surface area (Å²) < 4.78 is 20.1. The molecule has 1 heterocycles. The van der Waals surface area contributed by atoms with Crippen LogP contribution in [0.2, 0.25) is 0 Å². The number of methoxy groups -OCH3 is 1. The minimum absolute atomic E-state index is 0.232. The van der Waals surface area contributed by atoms with Crippen molar-refractivity contribution in [3.05, 3.63) is 47.5 Å². The molecule has 0 saturated heterocycles. The predicted molar refractivity (Wildman–Crippen MR) is 76.1 cm³/mol. The van der Waals surface area contributed by atoms with Crippen molar-refractivity contribution in [1.29, 1.82) is 0 Å². The Kier molecular flexibility index (Phi) is 4.74. The standard InChI is InChI=1S/C15H20FN3O/c1-3-8-19-15(14(20-2)10-18-19)13(17)9-11-4-6-12(16)7-5-11/h4-7,10,13H,3,8-9,17H2,1-2H3. The molecule has 2 rings (SSSR count). The molecule has 0 radical (unpaired) electrons. The van der Waals surface area contributed by atoms with Crippen LogP contribution in [0.5, 0.6) is 5.75 Å². The first-order valence-electron chi connectivity index (χ1n) is 6.75. The van der Waals surface area contributed by atoms with Gasteiger partial charge in [-0.05, 0) is 30.5 Å². The second kappa shape index (κ2) is 6.52. The lowest BCUT2D eigenvalue weighted by Gasteiger charge is -2.15. The number of aromatic nitrogens is 2. The Morgan fingerprint density at radius 2 is 2.05 bits per heavy atom. The van der Waals surface area contributed by atoms with Crippen molar-refractivity contribution >= 4 is 0 Å². The molecule has 0 amide bonds. The van der Waals surface area contributed by atoms with Crippen molar-refractivity contribution in [3.8, 4) is 5.75 Å². The van der Waals surface area contributed by atoms with E-state index in [1.54, 1.807) is 25.4 Å². The van der Waals surface area contributed by atoms with E-state index < -0.39 is 0 Å². The van der Waals surface area contributed by atoms with E-state index in [-0.39, 0.29) is 11.9 Å². The summed E-state index contributed by atoms with van der Waals surface area (Å²) in [6, 6.07) is 6.17. The molecular weight excluding hydrogens is 257 g/mol.